The number of halogens is 2. The van der Waals surface area contributed by atoms with Crippen LogP contribution in [-0.2, 0) is 11.3 Å². The van der Waals surface area contributed by atoms with Gasteiger partial charge >= 0.3 is 6.09 Å². The Balaban J connectivity index is 2.07. The summed E-state index contributed by atoms with van der Waals surface area (Å²) in [6, 6.07) is 4.74. The third-order valence-electron chi connectivity index (χ3n) is 4.30. The average molecular weight is 392 g/mol. The van der Waals surface area contributed by atoms with Crippen molar-refractivity contribution in [3.8, 4) is 11.3 Å². The summed E-state index contributed by atoms with van der Waals surface area (Å²) < 4.78 is 34.1. The van der Waals surface area contributed by atoms with Gasteiger partial charge in [0.05, 0.1) is 23.8 Å². The van der Waals surface area contributed by atoms with Crippen LogP contribution in [-0.4, -0.2) is 45.5 Å². The molecule has 150 valence electrons. The zero-order chi connectivity index (χ0) is 20.6. The van der Waals surface area contributed by atoms with Gasteiger partial charge in [-0.05, 0) is 32.9 Å². The number of alkyl halides is 1. The van der Waals surface area contributed by atoms with Crippen LogP contribution in [0.25, 0.3) is 11.3 Å². The minimum Gasteiger partial charge on any atom is -0.444 e. The second-order valence-electron chi connectivity index (χ2n) is 7.66. The van der Waals surface area contributed by atoms with Crippen LogP contribution >= 0.6 is 0 Å². The number of hydrogen-bond donors (Lipinski definition) is 1. The first-order valence-electron chi connectivity index (χ1n) is 8.81. The summed E-state index contributed by atoms with van der Waals surface area (Å²) in [4.78, 5) is 25.9. The van der Waals surface area contributed by atoms with E-state index in [1.807, 2.05) is 0 Å². The van der Waals surface area contributed by atoms with Crippen molar-refractivity contribution in [3.05, 3.63) is 41.3 Å². The maximum absolute atomic E-state index is 13.7. The summed E-state index contributed by atoms with van der Waals surface area (Å²) in [7, 11) is 0. The fraction of sp³-hybridized carbons (Fsp3) is 0.421. The molecule has 0 saturated carbocycles. The summed E-state index contributed by atoms with van der Waals surface area (Å²) in [5.74, 6) is -1.29. The lowest BCUT2D eigenvalue weighted by molar-refractivity contribution is 0.0147. The number of carbonyl (C=O) groups excluding carboxylic acids is 2. The molecule has 0 bridgehead atoms. The second-order valence-corrected chi connectivity index (χ2v) is 7.66. The number of aromatic nitrogens is 2. The van der Waals surface area contributed by atoms with E-state index < -0.39 is 36.1 Å². The lowest BCUT2D eigenvalue weighted by Crippen LogP contribution is -2.44. The SMILES string of the molecule is CC(C)(C)OC(=O)N1Cc2c(C(N)=O)c(-c3cccc(F)c3)nn2C(CF)C1. The topological polar surface area (TPSA) is 90.4 Å². The zero-order valence-corrected chi connectivity index (χ0v) is 15.9. The summed E-state index contributed by atoms with van der Waals surface area (Å²) in [5, 5.41) is 4.33. The average Bonchev–Trinajstić information content (AvgIpc) is 2.99. The molecule has 2 aromatic rings. The molecule has 9 heteroatoms. The van der Waals surface area contributed by atoms with Crippen molar-refractivity contribution in [2.75, 3.05) is 13.2 Å². The normalized spacial score (nSPS) is 16.6. The molecule has 28 heavy (non-hydrogen) atoms. The van der Waals surface area contributed by atoms with E-state index in [1.54, 1.807) is 26.8 Å². The van der Waals surface area contributed by atoms with Crippen LogP contribution < -0.4 is 5.73 Å². The van der Waals surface area contributed by atoms with Crippen molar-refractivity contribution in [2.24, 2.45) is 5.73 Å². The van der Waals surface area contributed by atoms with Crippen molar-refractivity contribution in [2.45, 2.75) is 39.0 Å². The van der Waals surface area contributed by atoms with Crippen LogP contribution in [0.5, 0.6) is 0 Å². The number of nitrogens with two attached hydrogens (primary N) is 1. The van der Waals surface area contributed by atoms with E-state index >= 15 is 0 Å². The molecule has 1 unspecified atom stereocenters. The molecule has 1 aliphatic heterocycles. The molecular weight excluding hydrogens is 370 g/mol. The van der Waals surface area contributed by atoms with Gasteiger partial charge in [-0.15, -0.1) is 0 Å². The van der Waals surface area contributed by atoms with Crippen LogP contribution in [0.15, 0.2) is 24.3 Å². The van der Waals surface area contributed by atoms with Gasteiger partial charge in [0.2, 0.25) is 0 Å². The Labute approximate surface area is 161 Å². The van der Waals surface area contributed by atoms with E-state index in [4.69, 9.17) is 10.5 Å². The first-order valence-corrected chi connectivity index (χ1v) is 8.81. The molecule has 2 amide bonds. The number of carbonyl (C=O) groups is 2. The fourth-order valence-corrected chi connectivity index (χ4v) is 3.18. The van der Waals surface area contributed by atoms with Crippen molar-refractivity contribution >= 4 is 12.0 Å². The molecule has 1 aliphatic rings. The molecule has 7 nitrogen and oxygen atoms in total. The first kappa shape index (κ1) is 19.8. The molecule has 2 heterocycles. The number of rotatable bonds is 3. The molecule has 0 aliphatic carbocycles. The van der Waals surface area contributed by atoms with Gasteiger partial charge in [-0.2, -0.15) is 5.10 Å². The minimum absolute atomic E-state index is 0.0218. The molecule has 0 radical (unpaired) electrons. The highest BCUT2D eigenvalue weighted by Gasteiger charge is 2.36. The van der Waals surface area contributed by atoms with Gasteiger partial charge in [-0.3, -0.25) is 9.48 Å². The third kappa shape index (κ3) is 3.83. The molecule has 0 fully saturated rings. The van der Waals surface area contributed by atoms with E-state index in [0.29, 0.717) is 11.3 Å². The van der Waals surface area contributed by atoms with Gasteiger partial charge in [0.1, 0.15) is 23.8 Å². The monoisotopic (exact) mass is 392 g/mol. The Morgan fingerprint density at radius 3 is 2.64 bits per heavy atom. The summed E-state index contributed by atoms with van der Waals surface area (Å²) in [6.45, 7) is 4.37. The Kier molecular flexibility index (Phi) is 5.10. The number of benzene rings is 1. The maximum atomic E-state index is 13.7. The second kappa shape index (κ2) is 7.21. The number of amides is 2. The van der Waals surface area contributed by atoms with E-state index in [1.165, 1.54) is 27.8 Å². The minimum atomic E-state index is -0.811. The Morgan fingerprint density at radius 1 is 1.36 bits per heavy atom. The Morgan fingerprint density at radius 2 is 2.07 bits per heavy atom. The van der Waals surface area contributed by atoms with Crippen LogP contribution in [0, 0.1) is 5.82 Å². The molecule has 0 spiro atoms. The number of primary amides is 1. The first-order chi connectivity index (χ1) is 13.1. The maximum Gasteiger partial charge on any atom is 0.410 e. The standard InChI is InChI=1S/C19H22F2N4O3/c1-19(2,3)28-18(27)24-9-13(8-20)25-14(10-24)15(17(22)26)16(23-25)11-5-4-6-12(21)7-11/h4-7,13H,8-10H2,1-3H3,(H2,22,26). The van der Waals surface area contributed by atoms with Gasteiger partial charge in [0, 0.05) is 12.1 Å². The number of fused-ring (bicyclic) bond motifs is 1. The van der Waals surface area contributed by atoms with Crippen LogP contribution in [0.3, 0.4) is 0 Å². The molecule has 1 atom stereocenters. The highest BCUT2D eigenvalue weighted by molar-refractivity contribution is 6.00. The Hall–Kier alpha value is -2.97. The van der Waals surface area contributed by atoms with Crippen molar-refractivity contribution in [1.82, 2.24) is 14.7 Å². The van der Waals surface area contributed by atoms with E-state index in [9.17, 15) is 18.4 Å². The highest BCUT2D eigenvalue weighted by Crippen LogP contribution is 2.32. The molecule has 1 aromatic carbocycles. The predicted octanol–water partition coefficient (Wildman–Crippen LogP) is 3.05. The molecule has 0 saturated heterocycles. The van der Waals surface area contributed by atoms with Crippen LogP contribution in [0.4, 0.5) is 13.6 Å². The van der Waals surface area contributed by atoms with E-state index in [2.05, 4.69) is 5.10 Å². The van der Waals surface area contributed by atoms with Crippen molar-refractivity contribution in [1.29, 1.82) is 0 Å². The van der Waals surface area contributed by atoms with Gasteiger partial charge < -0.3 is 15.4 Å². The molecule has 3 rings (SSSR count). The smallest absolute Gasteiger partial charge is 0.410 e. The van der Waals surface area contributed by atoms with Crippen molar-refractivity contribution < 1.29 is 23.1 Å². The lowest BCUT2D eigenvalue weighted by atomic mass is 10.0. The van der Waals surface area contributed by atoms with Crippen molar-refractivity contribution in [3.63, 3.8) is 0 Å². The predicted molar refractivity (Wildman–Crippen MR) is 97.8 cm³/mol. The molecule has 2 N–H and O–H groups in total. The summed E-state index contributed by atoms with van der Waals surface area (Å²) in [6.07, 6.45) is -0.624. The highest BCUT2D eigenvalue weighted by atomic mass is 19.1. The zero-order valence-electron chi connectivity index (χ0n) is 15.9. The van der Waals surface area contributed by atoms with Gasteiger partial charge in [0.25, 0.3) is 5.91 Å². The van der Waals surface area contributed by atoms with Gasteiger partial charge in [-0.1, -0.05) is 12.1 Å². The fourth-order valence-electron chi connectivity index (χ4n) is 3.18. The quantitative estimate of drug-likeness (QED) is 0.869. The number of nitrogens with zero attached hydrogens (tertiary/aromatic N) is 3. The number of ether oxygens (including phenoxy) is 1. The lowest BCUT2D eigenvalue weighted by Gasteiger charge is -2.34. The van der Waals surface area contributed by atoms with E-state index in [0.717, 1.165) is 0 Å². The summed E-state index contributed by atoms with van der Waals surface area (Å²) in [5.41, 5.74) is 5.67. The molecule has 1 aromatic heterocycles. The summed E-state index contributed by atoms with van der Waals surface area (Å²) >= 11 is 0. The Bertz CT molecular complexity index is 920. The number of hydrogen-bond acceptors (Lipinski definition) is 4. The third-order valence-corrected chi connectivity index (χ3v) is 4.30. The molecular formula is C19H22F2N4O3. The van der Waals surface area contributed by atoms with Crippen LogP contribution in [0.2, 0.25) is 0 Å². The van der Waals surface area contributed by atoms with Gasteiger partial charge in [-0.25, -0.2) is 13.6 Å². The van der Waals surface area contributed by atoms with Crippen LogP contribution in [0.1, 0.15) is 42.9 Å². The van der Waals surface area contributed by atoms with Gasteiger partial charge in [0.15, 0.2) is 0 Å². The van der Waals surface area contributed by atoms with E-state index in [-0.39, 0.29) is 24.3 Å². The largest absolute Gasteiger partial charge is 0.444 e.